The molecule has 0 aliphatic carbocycles. The van der Waals surface area contributed by atoms with Gasteiger partial charge < -0.3 is 20.3 Å². The molecule has 35 heavy (non-hydrogen) atoms. The first-order valence-corrected chi connectivity index (χ1v) is 12.9. The van der Waals surface area contributed by atoms with Gasteiger partial charge in [-0.2, -0.15) is 0 Å². The Morgan fingerprint density at radius 2 is 1.66 bits per heavy atom. The third-order valence-corrected chi connectivity index (χ3v) is 6.16. The topological polar surface area (TPSA) is 87.7 Å². The van der Waals surface area contributed by atoms with E-state index in [4.69, 9.17) is 4.74 Å². The number of hydrogen-bond acceptors (Lipinski definition) is 4. The van der Waals surface area contributed by atoms with E-state index in [1.54, 1.807) is 25.7 Å². The Balaban J connectivity index is 3.49. The van der Waals surface area contributed by atoms with Crippen LogP contribution in [0.2, 0.25) is 0 Å². The molecule has 0 spiro atoms. The molecule has 0 aliphatic heterocycles. The SMILES string of the molecule is CCCCNC(=O)C(c1ccc(C)c(C)c1)N(C(=O)C(NC(=O)OC(C)(C)C)C(C)CC)C(C)C. The molecule has 0 fully saturated rings. The summed E-state index contributed by atoms with van der Waals surface area (Å²) in [5.74, 6) is -0.669. The third kappa shape index (κ3) is 9.19. The zero-order valence-corrected chi connectivity index (χ0v) is 23.5. The van der Waals surface area contributed by atoms with Gasteiger partial charge in [-0.3, -0.25) is 9.59 Å². The Bertz CT molecular complexity index is 860. The number of carbonyl (C=O) groups is 3. The highest BCUT2D eigenvalue weighted by atomic mass is 16.6. The van der Waals surface area contributed by atoms with Crippen LogP contribution in [0.25, 0.3) is 0 Å². The van der Waals surface area contributed by atoms with Crippen molar-refractivity contribution in [3.05, 3.63) is 34.9 Å². The lowest BCUT2D eigenvalue weighted by atomic mass is 9.94. The second kappa shape index (κ2) is 13.5. The fourth-order valence-electron chi connectivity index (χ4n) is 3.82. The molecule has 0 aromatic heterocycles. The number of nitrogens with zero attached hydrogens (tertiary/aromatic N) is 1. The van der Waals surface area contributed by atoms with Crippen molar-refractivity contribution in [2.24, 2.45) is 5.92 Å². The minimum atomic E-state index is -0.824. The standard InChI is InChI=1S/C28H47N3O4/c1-11-13-16-29-25(32)24(22-15-14-20(6)21(7)17-22)31(18(3)4)26(33)23(19(5)12-2)30-27(34)35-28(8,9)10/h14-15,17-19,23-24H,11-13,16H2,1-10H3,(H,29,32)(H,30,34). The lowest BCUT2D eigenvalue weighted by Gasteiger charge is -2.38. The molecular weight excluding hydrogens is 442 g/mol. The lowest BCUT2D eigenvalue weighted by molar-refractivity contribution is -0.145. The summed E-state index contributed by atoms with van der Waals surface area (Å²) in [6, 6.07) is 3.94. The van der Waals surface area contributed by atoms with Crippen LogP contribution < -0.4 is 10.6 Å². The molecular formula is C28H47N3O4. The van der Waals surface area contributed by atoms with E-state index in [-0.39, 0.29) is 23.8 Å². The highest BCUT2D eigenvalue weighted by Gasteiger charge is 2.39. The molecule has 1 aromatic carbocycles. The Morgan fingerprint density at radius 1 is 1.03 bits per heavy atom. The smallest absolute Gasteiger partial charge is 0.408 e. The molecule has 0 bridgehead atoms. The summed E-state index contributed by atoms with van der Waals surface area (Å²) in [6.45, 7) is 19.7. The van der Waals surface area contributed by atoms with E-state index in [0.29, 0.717) is 13.0 Å². The van der Waals surface area contributed by atoms with Gasteiger partial charge in [0, 0.05) is 12.6 Å². The number of amides is 3. The summed E-state index contributed by atoms with van der Waals surface area (Å²) in [7, 11) is 0. The maximum Gasteiger partial charge on any atom is 0.408 e. The van der Waals surface area contributed by atoms with Crippen molar-refractivity contribution in [2.75, 3.05) is 6.54 Å². The van der Waals surface area contributed by atoms with Gasteiger partial charge in [-0.05, 0) is 77.5 Å². The average Bonchev–Trinajstić information content (AvgIpc) is 2.75. The molecule has 0 aliphatic rings. The van der Waals surface area contributed by atoms with E-state index >= 15 is 0 Å². The molecule has 0 saturated heterocycles. The van der Waals surface area contributed by atoms with Gasteiger partial charge in [0.05, 0.1) is 0 Å². The Labute approximate surface area is 212 Å². The molecule has 3 unspecified atom stereocenters. The Kier molecular flexibility index (Phi) is 11.7. The van der Waals surface area contributed by atoms with Crippen LogP contribution in [0.3, 0.4) is 0 Å². The van der Waals surface area contributed by atoms with Crippen LogP contribution in [0.5, 0.6) is 0 Å². The van der Waals surface area contributed by atoms with E-state index in [0.717, 1.165) is 29.5 Å². The lowest BCUT2D eigenvalue weighted by Crippen LogP contribution is -2.57. The molecule has 0 saturated carbocycles. The number of benzene rings is 1. The summed E-state index contributed by atoms with van der Waals surface area (Å²) in [5, 5.41) is 5.81. The highest BCUT2D eigenvalue weighted by molar-refractivity contribution is 5.92. The van der Waals surface area contributed by atoms with E-state index < -0.39 is 23.8 Å². The van der Waals surface area contributed by atoms with Crippen LogP contribution in [0.1, 0.15) is 97.4 Å². The number of rotatable bonds is 11. The molecule has 1 rings (SSSR count). The summed E-state index contributed by atoms with van der Waals surface area (Å²) in [6.07, 6.45) is 1.85. The van der Waals surface area contributed by atoms with Crippen molar-refractivity contribution in [1.82, 2.24) is 15.5 Å². The molecule has 198 valence electrons. The number of aryl methyl sites for hydroxylation is 2. The zero-order valence-electron chi connectivity index (χ0n) is 23.5. The molecule has 1 aromatic rings. The van der Waals surface area contributed by atoms with Gasteiger partial charge >= 0.3 is 6.09 Å². The number of carbonyl (C=O) groups excluding carboxylic acids is 3. The van der Waals surface area contributed by atoms with Crippen molar-refractivity contribution in [2.45, 2.75) is 112 Å². The quantitative estimate of drug-likeness (QED) is 0.405. The summed E-state index contributed by atoms with van der Waals surface area (Å²) in [4.78, 5) is 41.8. The van der Waals surface area contributed by atoms with E-state index in [1.807, 2.05) is 59.7 Å². The van der Waals surface area contributed by atoms with Crippen molar-refractivity contribution in [3.8, 4) is 0 Å². The minimum absolute atomic E-state index is 0.153. The molecule has 7 nitrogen and oxygen atoms in total. The zero-order chi connectivity index (χ0) is 26.9. The van der Waals surface area contributed by atoms with Gasteiger partial charge in [0.1, 0.15) is 17.7 Å². The van der Waals surface area contributed by atoms with Gasteiger partial charge in [0.15, 0.2) is 0 Å². The van der Waals surface area contributed by atoms with Gasteiger partial charge in [-0.1, -0.05) is 51.8 Å². The maximum absolute atomic E-state index is 14.1. The largest absolute Gasteiger partial charge is 0.444 e. The molecule has 3 amide bonds. The number of hydrogen-bond donors (Lipinski definition) is 2. The van der Waals surface area contributed by atoms with Crippen molar-refractivity contribution < 1.29 is 19.1 Å². The monoisotopic (exact) mass is 489 g/mol. The first kappa shape index (κ1) is 30.5. The van der Waals surface area contributed by atoms with Crippen molar-refractivity contribution in [3.63, 3.8) is 0 Å². The second-order valence-electron chi connectivity index (χ2n) is 10.7. The first-order valence-electron chi connectivity index (χ1n) is 12.9. The van der Waals surface area contributed by atoms with Crippen LogP contribution in [0.15, 0.2) is 18.2 Å². The predicted molar refractivity (Wildman–Crippen MR) is 141 cm³/mol. The van der Waals surface area contributed by atoms with Gasteiger partial charge in [0.25, 0.3) is 0 Å². The van der Waals surface area contributed by atoms with Crippen LogP contribution in [-0.4, -0.2) is 47.0 Å². The normalized spacial score (nSPS) is 14.1. The predicted octanol–water partition coefficient (Wildman–Crippen LogP) is 5.44. The van der Waals surface area contributed by atoms with Gasteiger partial charge in [-0.25, -0.2) is 4.79 Å². The molecule has 0 heterocycles. The van der Waals surface area contributed by atoms with E-state index in [2.05, 4.69) is 17.6 Å². The number of unbranched alkanes of at least 4 members (excludes halogenated alkanes) is 1. The van der Waals surface area contributed by atoms with Crippen LogP contribution in [0.4, 0.5) is 4.79 Å². The fourth-order valence-corrected chi connectivity index (χ4v) is 3.82. The highest BCUT2D eigenvalue weighted by Crippen LogP contribution is 2.28. The number of alkyl carbamates (subject to hydrolysis) is 1. The molecule has 7 heteroatoms. The average molecular weight is 490 g/mol. The minimum Gasteiger partial charge on any atom is -0.444 e. The number of ether oxygens (including phenoxy) is 1. The first-order chi connectivity index (χ1) is 16.2. The molecule has 2 N–H and O–H groups in total. The fraction of sp³-hybridized carbons (Fsp3) is 0.679. The summed E-state index contributed by atoms with van der Waals surface area (Å²) >= 11 is 0. The third-order valence-electron chi connectivity index (χ3n) is 6.16. The van der Waals surface area contributed by atoms with Crippen LogP contribution in [-0.2, 0) is 14.3 Å². The maximum atomic E-state index is 14.1. The van der Waals surface area contributed by atoms with E-state index in [9.17, 15) is 14.4 Å². The Hall–Kier alpha value is -2.57. The second-order valence-corrected chi connectivity index (χ2v) is 10.7. The van der Waals surface area contributed by atoms with Crippen molar-refractivity contribution >= 4 is 17.9 Å². The van der Waals surface area contributed by atoms with Gasteiger partial charge in [0.2, 0.25) is 11.8 Å². The summed E-state index contributed by atoms with van der Waals surface area (Å²) in [5.41, 5.74) is 2.23. The summed E-state index contributed by atoms with van der Waals surface area (Å²) < 4.78 is 5.44. The van der Waals surface area contributed by atoms with E-state index in [1.165, 1.54) is 0 Å². The molecule has 0 radical (unpaired) electrons. The van der Waals surface area contributed by atoms with Gasteiger partial charge in [-0.15, -0.1) is 0 Å². The number of nitrogens with one attached hydrogen (secondary N) is 2. The molecule has 3 atom stereocenters. The Morgan fingerprint density at radius 3 is 2.14 bits per heavy atom. The van der Waals surface area contributed by atoms with Crippen LogP contribution in [0, 0.1) is 19.8 Å². The van der Waals surface area contributed by atoms with Crippen molar-refractivity contribution in [1.29, 1.82) is 0 Å². The van der Waals surface area contributed by atoms with Crippen LogP contribution >= 0.6 is 0 Å².